The molecule has 98 valence electrons. The van der Waals surface area contributed by atoms with Crippen LogP contribution in [0.15, 0.2) is 22.7 Å². The highest BCUT2D eigenvalue weighted by molar-refractivity contribution is 9.10. The number of hydrogen-bond donors (Lipinski definition) is 1. The fraction of sp³-hybridized carbons (Fsp3) is 0.538. The molecule has 0 bridgehead atoms. The maximum Gasteiger partial charge on any atom is 0.128 e. The molecular formula is C13H21BrClNO. The average molecular weight is 323 g/mol. The first kappa shape index (κ1) is 16.8. The second-order valence-corrected chi connectivity index (χ2v) is 4.73. The van der Waals surface area contributed by atoms with Crippen molar-refractivity contribution in [2.24, 2.45) is 0 Å². The maximum absolute atomic E-state index is 5.65. The molecule has 4 heteroatoms. The molecular weight excluding hydrogens is 302 g/mol. The molecule has 1 N–H and O–H groups in total. The van der Waals surface area contributed by atoms with Crippen LogP contribution in [0.4, 0.5) is 0 Å². The molecule has 0 saturated carbocycles. The minimum Gasteiger partial charge on any atom is -1.00 e. The van der Waals surface area contributed by atoms with Gasteiger partial charge in [0, 0.05) is 10.0 Å². The third kappa shape index (κ3) is 5.28. The lowest BCUT2D eigenvalue weighted by Gasteiger charge is -2.17. The number of nitrogens with one attached hydrogen (secondary N) is 1. The molecule has 0 unspecified atom stereocenters. The van der Waals surface area contributed by atoms with E-state index < -0.39 is 0 Å². The van der Waals surface area contributed by atoms with Gasteiger partial charge in [-0.1, -0.05) is 15.9 Å². The molecule has 0 aliphatic rings. The van der Waals surface area contributed by atoms with Gasteiger partial charge in [0.15, 0.2) is 0 Å². The standard InChI is InChI=1S/C13H20BrNO.ClH/c1-4-15(5-2)10-11-9-12(14)7-8-13(11)16-6-3;/h7-9H,4-6,10H2,1-3H3;1H. The lowest BCUT2D eigenvalue weighted by molar-refractivity contribution is -0.910. The molecule has 0 fully saturated rings. The van der Waals surface area contributed by atoms with E-state index >= 15 is 0 Å². The molecule has 0 spiro atoms. The Balaban J connectivity index is 0.00000256. The Bertz CT molecular complexity index is 329. The van der Waals surface area contributed by atoms with Crippen LogP contribution in [0.5, 0.6) is 5.75 Å². The van der Waals surface area contributed by atoms with Crippen molar-refractivity contribution in [2.75, 3.05) is 19.7 Å². The quantitative estimate of drug-likeness (QED) is 0.730. The van der Waals surface area contributed by atoms with E-state index in [2.05, 4.69) is 35.8 Å². The Morgan fingerprint density at radius 1 is 1.18 bits per heavy atom. The summed E-state index contributed by atoms with van der Waals surface area (Å²) in [7, 11) is 0. The minimum atomic E-state index is 0. The Hall–Kier alpha value is -0.250. The second kappa shape index (κ2) is 8.78. The number of rotatable bonds is 6. The summed E-state index contributed by atoms with van der Waals surface area (Å²) in [6.45, 7) is 10.5. The van der Waals surface area contributed by atoms with Crippen LogP contribution in [-0.2, 0) is 6.54 Å². The zero-order chi connectivity index (χ0) is 12.0. The Labute approximate surface area is 119 Å². The highest BCUT2D eigenvalue weighted by Crippen LogP contribution is 2.22. The predicted octanol–water partition coefficient (Wildman–Crippen LogP) is -0.723. The van der Waals surface area contributed by atoms with Crippen molar-refractivity contribution in [3.63, 3.8) is 0 Å². The van der Waals surface area contributed by atoms with Crippen LogP contribution in [0, 0.1) is 0 Å². The largest absolute Gasteiger partial charge is 1.00 e. The first-order valence-electron chi connectivity index (χ1n) is 5.96. The number of benzene rings is 1. The topological polar surface area (TPSA) is 13.7 Å². The molecule has 1 aromatic rings. The maximum atomic E-state index is 5.65. The van der Waals surface area contributed by atoms with Crippen LogP contribution in [0.2, 0.25) is 0 Å². The van der Waals surface area contributed by atoms with Crippen molar-refractivity contribution in [3.05, 3.63) is 28.2 Å². The van der Waals surface area contributed by atoms with Gasteiger partial charge in [-0.3, -0.25) is 0 Å². The third-order valence-electron chi connectivity index (χ3n) is 2.76. The van der Waals surface area contributed by atoms with Gasteiger partial charge in [-0.05, 0) is 39.0 Å². The molecule has 0 saturated heterocycles. The monoisotopic (exact) mass is 321 g/mol. The van der Waals surface area contributed by atoms with Crippen molar-refractivity contribution in [2.45, 2.75) is 27.3 Å². The minimum absolute atomic E-state index is 0. The Kier molecular flexibility index (Phi) is 8.66. The van der Waals surface area contributed by atoms with Crippen molar-refractivity contribution >= 4 is 15.9 Å². The van der Waals surface area contributed by atoms with Gasteiger partial charge in [0.25, 0.3) is 0 Å². The first-order valence-corrected chi connectivity index (χ1v) is 6.75. The van der Waals surface area contributed by atoms with E-state index in [0.717, 1.165) is 36.5 Å². The van der Waals surface area contributed by atoms with Gasteiger partial charge in [0.05, 0.1) is 19.7 Å². The highest BCUT2D eigenvalue weighted by Gasteiger charge is 2.10. The molecule has 0 aliphatic carbocycles. The van der Waals surface area contributed by atoms with E-state index in [-0.39, 0.29) is 12.4 Å². The molecule has 0 aromatic heterocycles. The first-order chi connectivity index (χ1) is 7.71. The molecule has 0 aliphatic heterocycles. The molecule has 17 heavy (non-hydrogen) atoms. The molecule has 2 nitrogen and oxygen atoms in total. The van der Waals surface area contributed by atoms with E-state index in [9.17, 15) is 0 Å². The zero-order valence-corrected chi connectivity index (χ0v) is 13.1. The van der Waals surface area contributed by atoms with E-state index in [1.165, 1.54) is 5.56 Å². The summed E-state index contributed by atoms with van der Waals surface area (Å²) in [5.74, 6) is 1.02. The van der Waals surface area contributed by atoms with Crippen molar-refractivity contribution in [1.82, 2.24) is 0 Å². The Morgan fingerprint density at radius 3 is 2.35 bits per heavy atom. The summed E-state index contributed by atoms with van der Waals surface area (Å²) >= 11 is 3.52. The molecule has 1 rings (SSSR count). The highest BCUT2D eigenvalue weighted by atomic mass is 79.9. The van der Waals surface area contributed by atoms with Crippen molar-refractivity contribution in [3.8, 4) is 5.75 Å². The fourth-order valence-electron chi connectivity index (χ4n) is 1.75. The summed E-state index contributed by atoms with van der Waals surface area (Å²) in [4.78, 5) is 1.57. The molecule has 0 heterocycles. The van der Waals surface area contributed by atoms with Gasteiger partial charge in [-0.25, -0.2) is 0 Å². The van der Waals surface area contributed by atoms with Crippen LogP contribution in [-0.4, -0.2) is 19.7 Å². The average Bonchev–Trinajstić information content (AvgIpc) is 2.29. The van der Waals surface area contributed by atoms with Gasteiger partial charge in [-0.15, -0.1) is 0 Å². The molecule has 1 aromatic carbocycles. The summed E-state index contributed by atoms with van der Waals surface area (Å²) in [6.07, 6.45) is 0. The van der Waals surface area contributed by atoms with Crippen LogP contribution < -0.4 is 22.0 Å². The number of halogens is 2. The number of quaternary nitrogens is 1. The van der Waals surface area contributed by atoms with E-state index in [1.54, 1.807) is 4.90 Å². The third-order valence-corrected chi connectivity index (χ3v) is 3.26. The fourth-order valence-corrected chi connectivity index (χ4v) is 2.16. The van der Waals surface area contributed by atoms with Crippen LogP contribution in [0.3, 0.4) is 0 Å². The summed E-state index contributed by atoms with van der Waals surface area (Å²) in [5.41, 5.74) is 1.29. The van der Waals surface area contributed by atoms with Crippen LogP contribution >= 0.6 is 15.9 Å². The van der Waals surface area contributed by atoms with E-state index in [1.807, 2.05) is 19.1 Å². The van der Waals surface area contributed by atoms with Gasteiger partial charge >= 0.3 is 0 Å². The van der Waals surface area contributed by atoms with Crippen molar-refractivity contribution in [1.29, 1.82) is 0 Å². The second-order valence-electron chi connectivity index (χ2n) is 3.82. The lowest BCUT2D eigenvalue weighted by Crippen LogP contribution is -3.10. The van der Waals surface area contributed by atoms with Gasteiger partial charge < -0.3 is 22.0 Å². The van der Waals surface area contributed by atoms with Gasteiger partial charge in [-0.2, -0.15) is 0 Å². The van der Waals surface area contributed by atoms with Crippen LogP contribution in [0.1, 0.15) is 26.3 Å². The molecule has 0 radical (unpaired) electrons. The Morgan fingerprint density at radius 2 is 1.82 bits per heavy atom. The van der Waals surface area contributed by atoms with E-state index in [0.29, 0.717) is 0 Å². The summed E-state index contributed by atoms with van der Waals surface area (Å²) in [6, 6.07) is 6.24. The summed E-state index contributed by atoms with van der Waals surface area (Å²) < 4.78 is 6.77. The SMILES string of the molecule is CCOc1ccc(Br)cc1C[NH+](CC)CC.[Cl-]. The van der Waals surface area contributed by atoms with Crippen LogP contribution in [0.25, 0.3) is 0 Å². The number of ether oxygens (including phenoxy) is 1. The van der Waals surface area contributed by atoms with Gasteiger partial charge in [0.1, 0.15) is 12.3 Å². The molecule has 0 amide bonds. The zero-order valence-electron chi connectivity index (χ0n) is 10.7. The van der Waals surface area contributed by atoms with Gasteiger partial charge in [0.2, 0.25) is 0 Å². The normalized spacial score (nSPS) is 10.2. The molecule has 0 atom stereocenters. The summed E-state index contributed by atoms with van der Waals surface area (Å²) in [5, 5.41) is 0. The van der Waals surface area contributed by atoms with E-state index in [4.69, 9.17) is 4.74 Å². The number of hydrogen-bond acceptors (Lipinski definition) is 1. The lowest BCUT2D eigenvalue weighted by atomic mass is 10.2. The predicted molar refractivity (Wildman–Crippen MR) is 71.1 cm³/mol. The van der Waals surface area contributed by atoms with Crippen molar-refractivity contribution < 1.29 is 22.0 Å². The smallest absolute Gasteiger partial charge is 0.128 e.